The minimum atomic E-state index is -0.199. The van der Waals surface area contributed by atoms with Crippen molar-refractivity contribution < 1.29 is 9.53 Å². The number of nitrogens with zero attached hydrogens (tertiary/aromatic N) is 2. The summed E-state index contributed by atoms with van der Waals surface area (Å²) in [5.41, 5.74) is 1.06. The summed E-state index contributed by atoms with van der Waals surface area (Å²) in [6.07, 6.45) is 0. The Morgan fingerprint density at radius 3 is 2.57 bits per heavy atom. The summed E-state index contributed by atoms with van der Waals surface area (Å²) in [7, 11) is 0. The lowest BCUT2D eigenvalue weighted by Crippen LogP contribution is -2.49. The molecule has 1 aromatic carbocycles. The maximum Gasteiger partial charge on any atom is 0.350 e. The van der Waals surface area contributed by atoms with Gasteiger partial charge >= 0.3 is 5.97 Å². The van der Waals surface area contributed by atoms with E-state index < -0.39 is 0 Å². The van der Waals surface area contributed by atoms with Crippen LogP contribution in [0.5, 0.6) is 0 Å². The first-order chi connectivity index (χ1) is 11.1. The molecule has 1 aromatic heterocycles. The molecule has 2 aromatic rings. The summed E-state index contributed by atoms with van der Waals surface area (Å²) in [6, 6.07) is 8.82. The van der Waals surface area contributed by atoms with Crippen LogP contribution in [0, 0.1) is 0 Å². The highest BCUT2D eigenvalue weighted by Crippen LogP contribution is 2.39. The second-order valence-corrected chi connectivity index (χ2v) is 7.17. The summed E-state index contributed by atoms with van der Waals surface area (Å²) in [4.78, 5) is 18.0. The van der Waals surface area contributed by atoms with Gasteiger partial charge in [0, 0.05) is 42.3 Å². The van der Waals surface area contributed by atoms with Gasteiger partial charge in [0.05, 0.1) is 12.3 Å². The molecule has 0 saturated carbocycles. The van der Waals surface area contributed by atoms with Gasteiger partial charge in [0.2, 0.25) is 0 Å². The molecule has 0 radical (unpaired) electrons. The highest BCUT2D eigenvalue weighted by Gasteiger charge is 2.27. The molecule has 0 atom stereocenters. The van der Waals surface area contributed by atoms with Crippen LogP contribution in [0.25, 0.3) is 10.1 Å². The number of carbonyl (C=O) groups excluding carboxylic acids is 1. The van der Waals surface area contributed by atoms with Crippen molar-refractivity contribution >= 4 is 33.1 Å². The molecule has 1 aliphatic heterocycles. The van der Waals surface area contributed by atoms with Crippen molar-refractivity contribution in [2.45, 2.75) is 26.8 Å². The van der Waals surface area contributed by atoms with Crippen LogP contribution in [0.3, 0.4) is 0 Å². The summed E-state index contributed by atoms with van der Waals surface area (Å²) in [6.45, 7) is 10.7. The summed E-state index contributed by atoms with van der Waals surface area (Å²) in [5.74, 6) is -0.199. The van der Waals surface area contributed by atoms with Gasteiger partial charge in [-0.05, 0) is 26.8 Å². The molecule has 0 aliphatic carbocycles. The Hall–Kier alpha value is -1.59. The molecule has 0 amide bonds. The smallest absolute Gasteiger partial charge is 0.350 e. The summed E-state index contributed by atoms with van der Waals surface area (Å²) < 4.78 is 6.43. The van der Waals surface area contributed by atoms with E-state index in [9.17, 15) is 4.79 Å². The molecule has 0 spiro atoms. The van der Waals surface area contributed by atoms with Crippen LogP contribution in [-0.2, 0) is 4.74 Å². The van der Waals surface area contributed by atoms with Crippen LogP contribution in [0.1, 0.15) is 30.4 Å². The highest BCUT2D eigenvalue weighted by atomic mass is 32.1. The molecule has 1 saturated heterocycles. The standard InChI is InChI=1S/C18H24N2O2S/c1-4-22-18(21)17-16(14-7-5-6-8-15(14)23-17)20-11-9-19(10-12-20)13(2)3/h5-8,13H,4,9-12H2,1-3H3. The molecule has 23 heavy (non-hydrogen) atoms. The maximum atomic E-state index is 12.4. The van der Waals surface area contributed by atoms with Gasteiger partial charge in [0.1, 0.15) is 4.88 Å². The van der Waals surface area contributed by atoms with Crippen LogP contribution in [-0.4, -0.2) is 49.7 Å². The van der Waals surface area contributed by atoms with Gasteiger partial charge in [-0.25, -0.2) is 4.79 Å². The molecular weight excluding hydrogens is 308 g/mol. The Labute approximate surface area is 141 Å². The van der Waals surface area contributed by atoms with E-state index in [-0.39, 0.29) is 5.97 Å². The number of hydrogen-bond acceptors (Lipinski definition) is 5. The quantitative estimate of drug-likeness (QED) is 0.801. The summed E-state index contributed by atoms with van der Waals surface area (Å²) >= 11 is 1.54. The third-order valence-corrected chi connectivity index (χ3v) is 5.53. The van der Waals surface area contributed by atoms with E-state index in [2.05, 4.69) is 35.8 Å². The number of fused-ring (bicyclic) bond motifs is 1. The Morgan fingerprint density at radius 2 is 1.91 bits per heavy atom. The fraction of sp³-hybridized carbons (Fsp3) is 0.500. The Morgan fingerprint density at radius 1 is 1.22 bits per heavy atom. The van der Waals surface area contributed by atoms with E-state index in [1.54, 1.807) is 11.3 Å². The van der Waals surface area contributed by atoms with Gasteiger partial charge in [-0.1, -0.05) is 18.2 Å². The molecule has 0 bridgehead atoms. The summed E-state index contributed by atoms with van der Waals surface area (Å²) in [5, 5.41) is 1.17. The molecule has 5 heteroatoms. The van der Waals surface area contributed by atoms with Gasteiger partial charge in [-0.2, -0.15) is 0 Å². The van der Waals surface area contributed by atoms with Crippen LogP contribution in [0.4, 0.5) is 5.69 Å². The molecular formula is C18H24N2O2S. The van der Waals surface area contributed by atoms with Crippen LogP contribution in [0.2, 0.25) is 0 Å². The first-order valence-electron chi connectivity index (χ1n) is 8.29. The van der Waals surface area contributed by atoms with Crippen LogP contribution < -0.4 is 4.90 Å². The maximum absolute atomic E-state index is 12.4. The van der Waals surface area contributed by atoms with Crippen molar-refractivity contribution in [3.63, 3.8) is 0 Å². The minimum Gasteiger partial charge on any atom is -0.462 e. The number of anilines is 1. The molecule has 124 valence electrons. The van der Waals surface area contributed by atoms with Crippen molar-refractivity contribution in [1.29, 1.82) is 0 Å². The van der Waals surface area contributed by atoms with Crippen molar-refractivity contribution in [3.05, 3.63) is 29.1 Å². The molecule has 2 heterocycles. The fourth-order valence-electron chi connectivity index (χ4n) is 3.14. The average Bonchev–Trinajstić information content (AvgIpc) is 2.94. The average molecular weight is 332 g/mol. The Balaban J connectivity index is 1.95. The number of ether oxygens (including phenoxy) is 1. The molecule has 1 fully saturated rings. The predicted octanol–water partition coefficient (Wildman–Crippen LogP) is 3.61. The lowest BCUT2D eigenvalue weighted by molar-refractivity contribution is 0.0532. The normalized spacial score (nSPS) is 16.3. The van der Waals surface area contributed by atoms with Crippen LogP contribution >= 0.6 is 11.3 Å². The first-order valence-corrected chi connectivity index (χ1v) is 9.11. The van der Waals surface area contributed by atoms with Gasteiger partial charge < -0.3 is 9.64 Å². The van der Waals surface area contributed by atoms with E-state index in [0.717, 1.165) is 41.4 Å². The number of rotatable bonds is 4. The highest BCUT2D eigenvalue weighted by molar-refractivity contribution is 7.21. The Bertz CT molecular complexity index is 687. The predicted molar refractivity (Wildman–Crippen MR) is 96.7 cm³/mol. The first kappa shape index (κ1) is 16.3. The van der Waals surface area contributed by atoms with Gasteiger partial charge in [0.25, 0.3) is 0 Å². The van der Waals surface area contributed by atoms with E-state index in [1.807, 2.05) is 19.1 Å². The molecule has 0 unspecified atom stereocenters. The van der Waals surface area contributed by atoms with Gasteiger partial charge in [-0.15, -0.1) is 11.3 Å². The minimum absolute atomic E-state index is 0.199. The second-order valence-electron chi connectivity index (χ2n) is 6.11. The molecule has 0 N–H and O–H groups in total. The van der Waals surface area contributed by atoms with Crippen molar-refractivity contribution in [1.82, 2.24) is 4.90 Å². The topological polar surface area (TPSA) is 32.8 Å². The lowest BCUT2D eigenvalue weighted by atomic mass is 10.1. The molecule has 1 aliphatic rings. The van der Waals surface area contributed by atoms with Gasteiger partial charge in [-0.3, -0.25) is 4.90 Å². The zero-order chi connectivity index (χ0) is 16.4. The van der Waals surface area contributed by atoms with Crippen molar-refractivity contribution in [2.24, 2.45) is 0 Å². The van der Waals surface area contributed by atoms with E-state index in [0.29, 0.717) is 12.6 Å². The number of carbonyl (C=O) groups is 1. The van der Waals surface area contributed by atoms with Crippen molar-refractivity contribution in [3.8, 4) is 0 Å². The zero-order valence-electron chi connectivity index (χ0n) is 14.0. The van der Waals surface area contributed by atoms with E-state index >= 15 is 0 Å². The largest absolute Gasteiger partial charge is 0.462 e. The third-order valence-electron chi connectivity index (χ3n) is 4.39. The fourth-order valence-corrected chi connectivity index (χ4v) is 4.26. The van der Waals surface area contributed by atoms with Crippen molar-refractivity contribution in [2.75, 3.05) is 37.7 Å². The number of esters is 1. The monoisotopic (exact) mass is 332 g/mol. The molecule has 3 rings (SSSR count). The van der Waals surface area contributed by atoms with E-state index in [1.165, 1.54) is 5.39 Å². The Kier molecular flexibility index (Phi) is 4.87. The number of thiophene rings is 1. The second kappa shape index (κ2) is 6.89. The third kappa shape index (κ3) is 3.21. The number of piperazine rings is 1. The molecule has 4 nitrogen and oxygen atoms in total. The number of benzene rings is 1. The van der Waals surface area contributed by atoms with Crippen LogP contribution in [0.15, 0.2) is 24.3 Å². The SMILES string of the molecule is CCOC(=O)c1sc2ccccc2c1N1CCN(C(C)C)CC1. The van der Waals surface area contributed by atoms with Gasteiger partial charge in [0.15, 0.2) is 0 Å². The zero-order valence-corrected chi connectivity index (χ0v) is 14.9. The van der Waals surface area contributed by atoms with E-state index in [4.69, 9.17) is 4.74 Å². The number of hydrogen-bond donors (Lipinski definition) is 0. The lowest BCUT2D eigenvalue weighted by Gasteiger charge is -2.38.